The highest BCUT2D eigenvalue weighted by Crippen LogP contribution is 2.48. The summed E-state index contributed by atoms with van der Waals surface area (Å²) in [5, 5.41) is 31.7. The maximum atomic E-state index is 10.3. The van der Waals surface area contributed by atoms with E-state index in [0.29, 0.717) is 16.7 Å². The number of hydrogen-bond donors (Lipinski definition) is 0. The molecule has 0 saturated carbocycles. The van der Waals surface area contributed by atoms with E-state index in [2.05, 4.69) is 119 Å². The number of nitrogens with zero attached hydrogens (tertiary/aromatic N) is 5. The first-order valence-electron chi connectivity index (χ1n) is 16.5. The van der Waals surface area contributed by atoms with Gasteiger partial charge in [0.15, 0.2) is 0 Å². The van der Waals surface area contributed by atoms with Gasteiger partial charge >= 0.3 is 0 Å². The van der Waals surface area contributed by atoms with Gasteiger partial charge in [-0.15, -0.1) is 0 Å². The molecule has 50 heavy (non-hydrogen) atoms. The van der Waals surface area contributed by atoms with E-state index >= 15 is 0 Å². The summed E-state index contributed by atoms with van der Waals surface area (Å²) in [4.78, 5) is 2.41. The number of fused-ring (bicyclic) bond motifs is 6. The molecule has 0 bridgehead atoms. The predicted molar refractivity (Wildman–Crippen MR) is 199 cm³/mol. The molecule has 0 saturated heterocycles. The first-order chi connectivity index (χ1) is 24.7. The van der Waals surface area contributed by atoms with Crippen LogP contribution < -0.4 is 4.90 Å². The van der Waals surface area contributed by atoms with Crippen molar-refractivity contribution >= 4 is 33.2 Å². The van der Waals surface area contributed by atoms with Gasteiger partial charge in [0.25, 0.3) is 0 Å². The monoisotopic (exact) mass is 637 g/mol. The predicted octanol–water partition coefficient (Wildman–Crippen LogP) is 10.5. The van der Waals surface area contributed by atoms with Crippen LogP contribution in [0.25, 0.3) is 49.7 Å². The van der Waals surface area contributed by atoms with E-state index < -0.39 is 0 Å². The highest BCUT2D eigenvalue weighted by atomic mass is 15.2. The Kier molecular flexibility index (Phi) is 6.70. The van der Waals surface area contributed by atoms with Crippen molar-refractivity contribution in [2.75, 3.05) is 4.90 Å². The number of allylic oxidation sites excluding steroid dienone is 2. The van der Waals surface area contributed by atoms with Crippen LogP contribution in [0.3, 0.4) is 0 Å². The lowest BCUT2D eigenvalue weighted by molar-refractivity contribution is 0.745. The number of rotatable bonds is 4. The van der Waals surface area contributed by atoms with Crippen molar-refractivity contribution in [2.45, 2.75) is 12.0 Å². The van der Waals surface area contributed by atoms with Gasteiger partial charge in [-0.2, -0.15) is 15.8 Å². The average molecular weight is 638 g/mol. The summed E-state index contributed by atoms with van der Waals surface area (Å²) in [7, 11) is 0. The van der Waals surface area contributed by atoms with Gasteiger partial charge in [-0.25, -0.2) is 0 Å². The molecule has 232 valence electrons. The van der Waals surface area contributed by atoms with Gasteiger partial charge in [0, 0.05) is 39.2 Å². The van der Waals surface area contributed by atoms with Crippen molar-refractivity contribution in [1.29, 1.82) is 15.8 Å². The largest absolute Gasteiger partial charge is 0.333 e. The molecule has 5 nitrogen and oxygen atoms in total. The molecular formula is C45H27N5. The second kappa shape index (κ2) is 11.5. The number of nitriles is 3. The lowest BCUT2D eigenvalue weighted by Crippen LogP contribution is -2.28. The summed E-state index contributed by atoms with van der Waals surface area (Å²) in [5.41, 5.74) is 11.9. The zero-order valence-electron chi connectivity index (χ0n) is 26.8. The average Bonchev–Trinajstić information content (AvgIpc) is 3.69. The maximum absolute atomic E-state index is 10.3. The van der Waals surface area contributed by atoms with Crippen LogP contribution in [0, 0.1) is 34.0 Å². The molecule has 0 amide bonds. The molecule has 0 N–H and O–H groups in total. The van der Waals surface area contributed by atoms with Crippen molar-refractivity contribution < 1.29 is 0 Å². The molecule has 5 heteroatoms. The molecule has 0 spiro atoms. The highest BCUT2D eigenvalue weighted by Gasteiger charge is 2.37. The number of aromatic nitrogens is 1. The Hall–Kier alpha value is -7.13. The van der Waals surface area contributed by atoms with Crippen LogP contribution in [0.1, 0.15) is 28.2 Å². The molecule has 0 radical (unpaired) electrons. The van der Waals surface area contributed by atoms with Crippen LogP contribution in [-0.4, -0.2) is 10.6 Å². The van der Waals surface area contributed by atoms with Crippen LogP contribution in [0.4, 0.5) is 11.4 Å². The third kappa shape index (κ3) is 4.45. The minimum Gasteiger partial charge on any atom is -0.333 e. The molecule has 9 rings (SSSR count). The fourth-order valence-electron chi connectivity index (χ4n) is 7.79. The third-order valence-corrected chi connectivity index (χ3v) is 10.0. The molecule has 1 aromatic heterocycles. The second-order valence-corrected chi connectivity index (χ2v) is 12.7. The van der Waals surface area contributed by atoms with Crippen molar-refractivity contribution in [3.05, 3.63) is 174 Å². The van der Waals surface area contributed by atoms with E-state index in [0.717, 1.165) is 55.4 Å². The Morgan fingerprint density at radius 3 is 2.14 bits per heavy atom. The molecule has 2 unspecified atom stereocenters. The van der Waals surface area contributed by atoms with Gasteiger partial charge in [0.05, 0.1) is 57.7 Å². The zero-order chi connectivity index (χ0) is 33.8. The van der Waals surface area contributed by atoms with Crippen LogP contribution >= 0.6 is 0 Å². The Labute approximate surface area is 289 Å². The fourth-order valence-corrected chi connectivity index (χ4v) is 7.79. The van der Waals surface area contributed by atoms with E-state index in [1.807, 2.05) is 60.7 Å². The molecule has 2 heterocycles. The van der Waals surface area contributed by atoms with Crippen LogP contribution in [-0.2, 0) is 0 Å². The summed E-state index contributed by atoms with van der Waals surface area (Å²) < 4.78 is 2.17. The summed E-state index contributed by atoms with van der Waals surface area (Å²) in [6, 6.07) is 49.9. The van der Waals surface area contributed by atoms with Gasteiger partial charge in [-0.05, 0) is 83.4 Å². The van der Waals surface area contributed by atoms with Gasteiger partial charge in [-0.1, -0.05) is 85.0 Å². The number of para-hydroxylation sites is 2. The number of anilines is 2. The fraction of sp³-hybridized carbons (Fsp3) is 0.0444. The van der Waals surface area contributed by atoms with Crippen molar-refractivity contribution in [3.63, 3.8) is 0 Å². The zero-order valence-corrected chi connectivity index (χ0v) is 26.8. The van der Waals surface area contributed by atoms with Crippen LogP contribution in [0.5, 0.6) is 0 Å². The van der Waals surface area contributed by atoms with E-state index in [9.17, 15) is 15.8 Å². The standard InChI is InChI=1S/C45H27N5/c46-26-29-17-21-44-40(22-29)38-20-16-30(27-47)23-45(38)50(44)41-13-4-1-10-35(41)32-18-19-33(28-48)39(25-32)31-8-7-9-34(24-31)49-42-14-5-2-11-36(42)37-12-3-6-15-43(37)49/h1-25,36,42H. The Morgan fingerprint density at radius 2 is 1.28 bits per heavy atom. The van der Waals surface area contributed by atoms with Gasteiger partial charge < -0.3 is 9.47 Å². The number of hydrogen-bond acceptors (Lipinski definition) is 4. The van der Waals surface area contributed by atoms with Crippen molar-refractivity contribution in [3.8, 4) is 46.1 Å². The minimum absolute atomic E-state index is 0.179. The van der Waals surface area contributed by atoms with Crippen LogP contribution in [0.15, 0.2) is 152 Å². The summed E-state index contributed by atoms with van der Waals surface area (Å²) in [6.07, 6.45) is 8.80. The van der Waals surface area contributed by atoms with Gasteiger partial charge in [0.1, 0.15) is 0 Å². The van der Waals surface area contributed by atoms with Crippen molar-refractivity contribution in [2.24, 2.45) is 0 Å². The summed E-state index contributed by atoms with van der Waals surface area (Å²) in [5.74, 6) is 0.283. The Balaban J connectivity index is 1.21. The molecule has 0 fully saturated rings. The van der Waals surface area contributed by atoms with E-state index in [4.69, 9.17) is 0 Å². The first-order valence-corrected chi connectivity index (χ1v) is 16.5. The normalized spacial score (nSPS) is 15.7. The van der Waals surface area contributed by atoms with Gasteiger partial charge in [0.2, 0.25) is 0 Å². The second-order valence-electron chi connectivity index (χ2n) is 12.7. The molecule has 2 aliphatic rings. The maximum Gasteiger partial charge on any atom is 0.0998 e. The molecule has 1 aliphatic heterocycles. The van der Waals surface area contributed by atoms with Gasteiger partial charge in [-0.3, -0.25) is 0 Å². The molecule has 6 aromatic carbocycles. The minimum atomic E-state index is 0.179. The lowest BCUT2D eigenvalue weighted by Gasteiger charge is -2.29. The smallest absolute Gasteiger partial charge is 0.0998 e. The lowest BCUT2D eigenvalue weighted by atomic mass is 9.91. The molecule has 2 atom stereocenters. The number of benzene rings is 6. The Morgan fingerprint density at radius 1 is 0.520 bits per heavy atom. The molecule has 1 aliphatic carbocycles. The van der Waals surface area contributed by atoms with Crippen LogP contribution in [0.2, 0.25) is 0 Å². The van der Waals surface area contributed by atoms with E-state index in [1.54, 1.807) is 0 Å². The SMILES string of the molecule is N#Cc1ccc2c(c1)c1ccc(C#N)cc1n2-c1ccccc1-c1ccc(C#N)c(-c2cccc(N3c4ccccc4C4C=CC=CC43)c2)c1. The van der Waals surface area contributed by atoms with E-state index in [1.165, 1.54) is 11.3 Å². The molecular weight excluding hydrogens is 611 g/mol. The summed E-state index contributed by atoms with van der Waals surface area (Å²) in [6.45, 7) is 0. The summed E-state index contributed by atoms with van der Waals surface area (Å²) >= 11 is 0. The highest BCUT2D eigenvalue weighted by molar-refractivity contribution is 6.10. The third-order valence-electron chi connectivity index (χ3n) is 10.0. The first kappa shape index (κ1) is 29.0. The molecule has 7 aromatic rings. The quantitative estimate of drug-likeness (QED) is 0.192. The van der Waals surface area contributed by atoms with E-state index in [-0.39, 0.29) is 12.0 Å². The topological polar surface area (TPSA) is 79.5 Å². The van der Waals surface area contributed by atoms with Crippen molar-refractivity contribution in [1.82, 2.24) is 4.57 Å². The Bertz CT molecular complexity index is 2720.